The number of rotatable bonds is 8. The third kappa shape index (κ3) is 5.57. The molecule has 0 bridgehead atoms. The molecule has 1 atom stereocenters. The first kappa shape index (κ1) is 27.7. The van der Waals surface area contributed by atoms with Crippen molar-refractivity contribution in [3.05, 3.63) is 88.4 Å². The van der Waals surface area contributed by atoms with Gasteiger partial charge in [-0.2, -0.15) is 9.78 Å². The highest BCUT2D eigenvalue weighted by atomic mass is 79.9. The van der Waals surface area contributed by atoms with Crippen LogP contribution in [0.25, 0.3) is 10.9 Å². The van der Waals surface area contributed by atoms with Crippen molar-refractivity contribution >= 4 is 66.3 Å². The van der Waals surface area contributed by atoms with E-state index in [4.69, 9.17) is 26.1 Å². The number of hydrogen-bond acceptors (Lipinski definition) is 8. The molecule has 38 heavy (non-hydrogen) atoms. The van der Waals surface area contributed by atoms with Gasteiger partial charge in [-0.1, -0.05) is 41.4 Å². The Morgan fingerprint density at radius 1 is 1.26 bits per heavy atom. The second-order valence-corrected chi connectivity index (χ2v) is 10.2. The van der Waals surface area contributed by atoms with Gasteiger partial charge >= 0.3 is 0 Å². The predicted molar refractivity (Wildman–Crippen MR) is 152 cm³/mol. The minimum Gasteiger partial charge on any atom is -0.493 e. The first-order chi connectivity index (χ1) is 18.1. The maximum Gasteiger partial charge on any atom is 0.287 e. The number of halogens is 3. The molecule has 4 aromatic rings. The average molecular weight is 666 g/mol. The maximum atomic E-state index is 13.4. The number of methoxy groups -OCH3 is 1. The van der Waals surface area contributed by atoms with E-state index in [1.54, 1.807) is 18.2 Å². The molecule has 196 valence electrons. The van der Waals surface area contributed by atoms with Crippen molar-refractivity contribution < 1.29 is 14.4 Å². The van der Waals surface area contributed by atoms with Crippen LogP contribution >= 0.6 is 43.5 Å². The van der Waals surface area contributed by atoms with Crippen LogP contribution in [0.3, 0.4) is 0 Å². The maximum absolute atomic E-state index is 13.4. The monoisotopic (exact) mass is 663 g/mol. The molecule has 0 aliphatic carbocycles. The summed E-state index contributed by atoms with van der Waals surface area (Å²) in [7, 11) is 1.44. The molecule has 0 aliphatic rings. The fraction of sp³-hybridized carbons (Fsp3) is 0.200. The topological polar surface area (TPSA) is 122 Å². The molecular weight excluding hydrogens is 646 g/mol. The van der Waals surface area contributed by atoms with Crippen LogP contribution in [0.2, 0.25) is 5.02 Å². The van der Waals surface area contributed by atoms with Crippen molar-refractivity contribution in [3.63, 3.8) is 0 Å². The largest absolute Gasteiger partial charge is 0.493 e. The summed E-state index contributed by atoms with van der Waals surface area (Å²) >= 11 is 13.5. The van der Waals surface area contributed by atoms with Gasteiger partial charge in [-0.3, -0.25) is 14.9 Å². The second kappa shape index (κ2) is 11.6. The molecular formula is C25H20Br2ClN5O5. The number of nitrogens with zero attached hydrogens (tertiary/aromatic N) is 5. The van der Waals surface area contributed by atoms with Crippen LogP contribution in [-0.2, 0) is 0 Å². The van der Waals surface area contributed by atoms with Gasteiger partial charge < -0.3 is 9.47 Å². The lowest BCUT2D eigenvalue weighted by molar-refractivity contribution is -0.385. The average Bonchev–Trinajstić information content (AvgIpc) is 2.91. The molecule has 0 spiro atoms. The van der Waals surface area contributed by atoms with Crippen LogP contribution in [0.1, 0.15) is 37.6 Å². The zero-order valence-electron chi connectivity index (χ0n) is 20.3. The highest BCUT2D eigenvalue weighted by Gasteiger charge is 2.20. The molecule has 13 heteroatoms. The Hall–Kier alpha value is -3.35. The van der Waals surface area contributed by atoms with Crippen LogP contribution in [0, 0.1) is 10.1 Å². The number of fused-ring (bicyclic) bond motifs is 1. The molecule has 2 aromatic heterocycles. The molecule has 4 rings (SSSR count). The third-order valence-electron chi connectivity index (χ3n) is 5.71. The van der Waals surface area contributed by atoms with Crippen molar-refractivity contribution in [2.24, 2.45) is 5.10 Å². The highest BCUT2D eigenvalue weighted by Crippen LogP contribution is 2.44. The Bertz CT molecular complexity index is 1630. The normalized spacial score (nSPS) is 12.2. The summed E-state index contributed by atoms with van der Waals surface area (Å²) in [5.41, 5.74) is 0.617. The molecule has 0 unspecified atom stereocenters. The minimum absolute atomic E-state index is 0.0283. The summed E-state index contributed by atoms with van der Waals surface area (Å²) in [6, 6.07) is 9.58. The van der Waals surface area contributed by atoms with E-state index in [1.165, 1.54) is 30.1 Å². The molecule has 0 saturated heterocycles. The standard InChI is InChI=1S/C25H20Br2ClN5O5/c1-4-13(2)24-31-18-7-5-15(26)10-17(18)25(34)32(24)30-11-14-9-19(37-3)23(22(28)21(14)27)38-20-8-6-16(12-29-20)33(35)36/h5-13H,4H2,1-3H3/t13-/m0/s1. The fourth-order valence-corrected chi connectivity index (χ4v) is 4.49. The van der Waals surface area contributed by atoms with Gasteiger partial charge in [-0.05, 0) is 46.6 Å². The van der Waals surface area contributed by atoms with Crippen LogP contribution in [0.5, 0.6) is 17.4 Å². The van der Waals surface area contributed by atoms with E-state index in [-0.39, 0.29) is 39.6 Å². The van der Waals surface area contributed by atoms with Gasteiger partial charge in [0.2, 0.25) is 5.88 Å². The minimum atomic E-state index is -0.559. The predicted octanol–water partition coefficient (Wildman–Crippen LogP) is 7.07. The fourth-order valence-electron chi connectivity index (χ4n) is 3.49. The van der Waals surface area contributed by atoms with Crippen molar-refractivity contribution in [2.75, 3.05) is 7.11 Å². The number of benzene rings is 2. The van der Waals surface area contributed by atoms with Crippen LogP contribution < -0.4 is 15.0 Å². The number of aromatic nitrogens is 3. The summed E-state index contributed by atoms with van der Waals surface area (Å²) in [6.07, 6.45) is 3.32. The molecule has 2 heterocycles. The third-order valence-corrected chi connectivity index (χ3v) is 7.65. The summed E-state index contributed by atoms with van der Waals surface area (Å²) < 4.78 is 13.7. The zero-order valence-corrected chi connectivity index (χ0v) is 24.2. The summed E-state index contributed by atoms with van der Waals surface area (Å²) in [5.74, 6) is 0.993. The number of ether oxygens (including phenoxy) is 2. The van der Waals surface area contributed by atoms with Gasteiger partial charge in [0.1, 0.15) is 17.0 Å². The summed E-state index contributed by atoms with van der Waals surface area (Å²) in [6.45, 7) is 3.99. The molecule has 2 aromatic carbocycles. The molecule has 0 N–H and O–H groups in total. The second-order valence-electron chi connectivity index (χ2n) is 8.14. The number of nitro groups is 1. The Kier molecular flexibility index (Phi) is 8.44. The lowest BCUT2D eigenvalue weighted by Crippen LogP contribution is -2.23. The molecule has 0 fully saturated rings. The first-order valence-corrected chi connectivity index (χ1v) is 13.2. The van der Waals surface area contributed by atoms with E-state index in [1.807, 2.05) is 19.9 Å². The summed E-state index contributed by atoms with van der Waals surface area (Å²) in [4.78, 5) is 32.4. The van der Waals surface area contributed by atoms with Crippen LogP contribution in [0.15, 0.2) is 61.4 Å². The molecule has 10 nitrogen and oxygen atoms in total. The SMILES string of the molecule is CC[C@H](C)c1nc2ccc(Br)cc2c(=O)n1N=Cc1cc(OC)c(Oc2ccc([N+](=O)[O-])cn2)c(Cl)c1Br. The van der Waals surface area contributed by atoms with Crippen molar-refractivity contribution in [3.8, 4) is 17.4 Å². The van der Waals surface area contributed by atoms with E-state index in [0.29, 0.717) is 26.8 Å². The van der Waals surface area contributed by atoms with Crippen molar-refractivity contribution in [2.45, 2.75) is 26.2 Å². The summed E-state index contributed by atoms with van der Waals surface area (Å²) in [5, 5.41) is 15.9. The van der Waals surface area contributed by atoms with E-state index >= 15 is 0 Å². The van der Waals surface area contributed by atoms with Crippen LogP contribution in [0.4, 0.5) is 5.69 Å². The van der Waals surface area contributed by atoms with Crippen molar-refractivity contribution in [1.29, 1.82) is 0 Å². The van der Waals surface area contributed by atoms with E-state index in [9.17, 15) is 14.9 Å². The van der Waals surface area contributed by atoms with Gasteiger partial charge in [-0.15, -0.1) is 0 Å². The van der Waals surface area contributed by atoms with E-state index in [2.05, 4.69) is 41.9 Å². The zero-order chi connectivity index (χ0) is 27.6. The Balaban J connectivity index is 1.77. The number of hydrogen-bond donors (Lipinski definition) is 0. The Morgan fingerprint density at radius 3 is 2.66 bits per heavy atom. The Labute approximate surface area is 238 Å². The van der Waals surface area contributed by atoms with Crippen molar-refractivity contribution in [1.82, 2.24) is 14.6 Å². The highest BCUT2D eigenvalue weighted by molar-refractivity contribution is 9.10. The van der Waals surface area contributed by atoms with Gasteiger partial charge in [0, 0.05) is 32.6 Å². The van der Waals surface area contributed by atoms with E-state index in [0.717, 1.165) is 17.1 Å². The smallest absolute Gasteiger partial charge is 0.287 e. The lowest BCUT2D eigenvalue weighted by atomic mass is 10.1. The quantitative estimate of drug-likeness (QED) is 0.112. The van der Waals surface area contributed by atoms with Gasteiger partial charge in [-0.25, -0.2) is 9.97 Å². The number of pyridine rings is 1. The molecule has 0 amide bonds. The van der Waals surface area contributed by atoms with Gasteiger partial charge in [0.05, 0.1) is 29.2 Å². The molecule has 0 radical (unpaired) electrons. The lowest BCUT2D eigenvalue weighted by Gasteiger charge is -2.15. The van der Waals surface area contributed by atoms with Gasteiger partial charge in [0.25, 0.3) is 11.2 Å². The molecule has 0 aliphatic heterocycles. The molecule has 0 saturated carbocycles. The van der Waals surface area contributed by atoms with Gasteiger partial charge in [0.15, 0.2) is 11.5 Å². The Morgan fingerprint density at radius 2 is 2.03 bits per heavy atom. The van der Waals surface area contributed by atoms with Crippen LogP contribution in [-0.4, -0.2) is 32.9 Å². The first-order valence-electron chi connectivity index (χ1n) is 11.2. The van der Waals surface area contributed by atoms with E-state index < -0.39 is 4.92 Å².